The van der Waals surface area contributed by atoms with E-state index in [0.717, 1.165) is 19.3 Å². The van der Waals surface area contributed by atoms with Crippen LogP contribution >= 0.6 is 0 Å². The van der Waals surface area contributed by atoms with Gasteiger partial charge in [-0.05, 0) is 38.2 Å². The number of fused-ring (bicyclic) bond motifs is 1. The van der Waals surface area contributed by atoms with Crippen LogP contribution in [0.4, 0.5) is 0 Å². The lowest BCUT2D eigenvalue weighted by atomic mass is 10.1. The Kier molecular flexibility index (Phi) is 6.29. The van der Waals surface area contributed by atoms with Crippen molar-refractivity contribution in [3.05, 3.63) is 33.3 Å². The number of hydrogen-bond acceptors (Lipinski definition) is 6. The summed E-state index contributed by atoms with van der Waals surface area (Å²) in [4.78, 5) is 40.5. The van der Waals surface area contributed by atoms with Crippen LogP contribution in [0.25, 0.3) is 11.7 Å². The van der Waals surface area contributed by atoms with Crippen molar-refractivity contribution in [1.82, 2.24) is 24.4 Å². The number of aromatic hydroxyl groups is 1. The second-order valence-electron chi connectivity index (χ2n) is 9.25. The van der Waals surface area contributed by atoms with Gasteiger partial charge in [-0.25, -0.2) is 0 Å². The maximum absolute atomic E-state index is 13.3. The van der Waals surface area contributed by atoms with Crippen molar-refractivity contribution in [2.24, 2.45) is 5.92 Å². The van der Waals surface area contributed by atoms with Gasteiger partial charge in [0, 0.05) is 44.4 Å². The van der Waals surface area contributed by atoms with E-state index in [2.05, 4.69) is 10.4 Å². The SMILES string of the molecule is CO[C@@H]1CCN(C(=O)/C=C/c2c(C)nn3c(O)c(C(=O)NC4CC4)c(=O)n(CC(C)C)c23)C1. The third-order valence-electron chi connectivity index (χ3n) is 6.09. The molecule has 2 aromatic heterocycles. The first kappa shape index (κ1) is 23.0. The van der Waals surface area contributed by atoms with Crippen LogP contribution in [-0.2, 0) is 16.1 Å². The molecule has 1 aliphatic carbocycles. The number of amides is 2. The van der Waals surface area contributed by atoms with E-state index >= 15 is 0 Å². The van der Waals surface area contributed by atoms with Crippen LogP contribution in [0.1, 0.15) is 54.7 Å². The fourth-order valence-electron chi connectivity index (χ4n) is 4.16. The number of aromatic nitrogens is 3. The first-order chi connectivity index (χ1) is 15.7. The number of hydrogen-bond donors (Lipinski definition) is 2. The van der Waals surface area contributed by atoms with Gasteiger partial charge in [0.15, 0.2) is 5.56 Å². The van der Waals surface area contributed by atoms with E-state index in [9.17, 15) is 19.5 Å². The second kappa shape index (κ2) is 9.01. The molecule has 178 valence electrons. The molecule has 33 heavy (non-hydrogen) atoms. The van der Waals surface area contributed by atoms with Crippen molar-refractivity contribution >= 4 is 23.5 Å². The van der Waals surface area contributed by atoms with Gasteiger partial charge in [-0.2, -0.15) is 9.61 Å². The monoisotopic (exact) mass is 457 g/mol. The Balaban J connectivity index is 1.77. The summed E-state index contributed by atoms with van der Waals surface area (Å²) in [5.74, 6) is -1.15. The Hall–Kier alpha value is -3.14. The van der Waals surface area contributed by atoms with Gasteiger partial charge < -0.3 is 20.1 Å². The highest BCUT2D eigenvalue weighted by molar-refractivity contribution is 5.97. The number of nitrogens with one attached hydrogen (secondary N) is 1. The zero-order valence-corrected chi connectivity index (χ0v) is 19.5. The fraction of sp³-hybridized carbons (Fsp3) is 0.565. The van der Waals surface area contributed by atoms with E-state index in [4.69, 9.17) is 4.74 Å². The summed E-state index contributed by atoms with van der Waals surface area (Å²) in [5.41, 5.74) is 0.546. The molecule has 1 aliphatic heterocycles. The summed E-state index contributed by atoms with van der Waals surface area (Å²) in [7, 11) is 1.64. The predicted octanol–water partition coefficient (Wildman–Crippen LogP) is 1.32. The number of carbonyl (C=O) groups is 2. The van der Waals surface area contributed by atoms with E-state index in [1.54, 1.807) is 25.0 Å². The average Bonchev–Trinajstić information content (AvgIpc) is 3.32. The van der Waals surface area contributed by atoms with Crippen molar-refractivity contribution in [2.45, 2.75) is 58.7 Å². The molecule has 2 N–H and O–H groups in total. The quantitative estimate of drug-likeness (QED) is 0.606. The highest BCUT2D eigenvalue weighted by Gasteiger charge is 2.30. The molecular weight excluding hydrogens is 426 g/mol. The Bertz CT molecular complexity index is 1170. The summed E-state index contributed by atoms with van der Waals surface area (Å²) >= 11 is 0. The predicted molar refractivity (Wildman–Crippen MR) is 122 cm³/mol. The maximum atomic E-state index is 13.3. The lowest BCUT2D eigenvalue weighted by Gasteiger charge is -2.15. The number of methoxy groups -OCH3 is 1. The zero-order valence-electron chi connectivity index (χ0n) is 19.5. The molecule has 0 spiro atoms. The maximum Gasteiger partial charge on any atom is 0.270 e. The number of rotatable bonds is 7. The van der Waals surface area contributed by atoms with E-state index in [0.29, 0.717) is 36.5 Å². The molecule has 0 bridgehead atoms. The molecule has 10 heteroatoms. The van der Waals surface area contributed by atoms with Crippen LogP contribution in [0.5, 0.6) is 5.88 Å². The Morgan fingerprint density at radius 3 is 2.64 bits per heavy atom. The van der Waals surface area contributed by atoms with Crippen molar-refractivity contribution in [3.8, 4) is 5.88 Å². The molecular formula is C23H31N5O5. The second-order valence-corrected chi connectivity index (χ2v) is 9.25. The van der Waals surface area contributed by atoms with Gasteiger partial charge in [0.1, 0.15) is 5.65 Å². The molecule has 10 nitrogen and oxygen atoms in total. The average molecular weight is 458 g/mol. The molecule has 2 aliphatic rings. The smallest absolute Gasteiger partial charge is 0.270 e. The number of aryl methyl sites for hydroxylation is 1. The van der Waals surface area contributed by atoms with Crippen LogP contribution in [0.3, 0.4) is 0 Å². The molecule has 3 heterocycles. The minimum absolute atomic E-state index is 0.0365. The lowest BCUT2D eigenvalue weighted by molar-refractivity contribution is -0.125. The summed E-state index contributed by atoms with van der Waals surface area (Å²) in [6, 6.07) is 0.0395. The molecule has 2 aromatic rings. The fourth-order valence-corrected chi connectivity index (χ4v) is 4.16. The molecule has 0 radical (unpaired) electrons. The molecule has 2 amide bonds. The van der Waals surface area contributed by atoms with E-state index in [1.807, 2.05) is 13.8 Å². The third kappa shape index (κ3) is 4.52. The largest absolute Gasteiger partial charge is 0.492 e. The molecule has 0 aromatic carbocycles. The number of likely N-dealkylation sites (tertiary alicyclic amines) is 1. The van der Waals surface area contributed by atoms with Gasteiger partial charge in [-0.3, -0.25) is 19.0 Å². The molecule has 1 saturated heterocycles. The molecule has 0 unspecified atom stereocenters. The Morgan fingerprint density at radius 1 is 1.30 bits per heavy atom. The molecule has 4 rings (SSSR count). The summed E-state index contributed by atoms with van der Waals surface area (Å²) in [5, 5.41) is 18.0. The highest BCUT2D eigenvalue weighted by atomic mass is 16.5. The third-order valence-corrected chi connectivity index (χ3v) is 6.09. The summed E-state index contributed by atoms with van der Waals surface area (Å²) < 4.78 is 8.02. The normalized spacial score (nSPS) is 18.7. The van der Waals surface area contributed by atoms with Crippen LogP contribution in [0, 0.1) is 12.8 Å². The van der Waals surface area contributed by atoms with Crippen LogP contribution < -0.4 is 10.9 Å². The van der Waals surface area contributed by atoms with Crippen molar-refractivity contribution in [2.75, 3.05) is 20.2 Å². The number of ether oxygens (including phenoxy) is 1. The van der Waals surface area contributed by atoms with Crippen LogP contribution in [-0.4, -0.2) is 68.3 Å². The number of carbonyl (C=O) groups excluding carboxylic acids is 2. The van der Waals surface area contributed by atoms with Crippen LogP contribution in [0.2, 0.25) is 0 Å². The standard InChI is InChI=1S/C23H31N5O5/c1-13(2)11-27-21-17(7-8-18(29)26-10-9-16(12-26)33-4)14(3)25-28(21)23(32)19(22(27)31)20(30)24-15-5-6-15/h7-8,13,15-16,32H,5-6,9-12H2,1-4H3,(H,24,30)/b8-7+/t16-/m1/s1. The van der Waals surface area contributed by atoms with Crippen molar-refractivity contribution < 1.29 is 19.4 Å². The first-order valence-corrected chi connectivity index (χ1v) is 11.4. The van der Waals surface area contributed by atoms with Crippen LogP contribution in [0.15, 0.2) is 10.9 Å². The highest BCUT2D eigenvalue weighted by Crippen LogP contribution is 2.25. The van der Waals surface area contributed by atoms with E-state index < -0.39 is 17.3 Å². The summed E-state index contributed by atoms with van der Waals surface area (Å²) in [6.07, 6.45) is 5.63. The summed E-state index contributed by atoms with van der Waals surface area (Å²) in [6.45, 7) is 7.14. The van der Waals surface area contributed by atoms with Gasteiger partial charge in [0.05, 0.1) is 11.8 Å². The molecule has 2 fully saturated rings. The van der Waals surface area contributed by atoms with Crippen molar-refractivity contribution in [1.29, 1.82) is 0 Å². The van der Waals surface area contributed by atoms with Gasteiger partial charge in [-0.15, -0.1) is 0 Å². The minimum Gasteiger partial charge on any atom is -0.492 e. The lowest BCUT2D eigenvalue weighted by Crippen LogP contribution is -2.36. The van der Waals surface area contributed by atoms with Crippen molar-refractivity contribution in [3.63, 3.8) is 0 Å². The number of nitrogens with zero attached hydrogens (tertiary/aromatic N) is 4. The van der Waals surface area contributed by atoms with Gasteiger partial charge in [-0.1, -0.05) is 13.8 Å². The Labute approximate surface area is 191 Å². The zero-order chi connectivity index (χ0) is 23.9. The molecule has 1 atom stereocenters. The molecule has 1 saturated carbocycles. The van der Waals surface area contributed by atoms with E-state index in [-0.39, 0.29) is 29.5 Å². The van der Waals surface area contributed by atoms with Gasteiger partial charge in [0.25, 0.3) is 11.5 Å². The van der Waals surface area contributed by atoms with Gasteiger partial charge in [0.2, 0.25) is 11.8 Å². The first-order valence-electron chi connectivity index (χ1n) is 11.4. The van der Waals surface area contributed by atoms with E-state index in [1.165, 1.54) is 15.2 Å². The van der Waals surface area contributed by atoms with Gasteiger partial charge >= 0.3 is 0 Å². The Morgan fingerprint density at radius 2 is 2.03 bits per heavy atom. The topological polar surface area (TPSA) is 118 Å². The minimum atomic E-state index is -0.596.